The molecule has 0 saturated heterocycles. The van der Waals surface area contributed by atoms with E-state index in [9.17, 15) is 5.26 Å². The van der Waals surface area contributed by atoms with Gasteiger partial charge in [-0.1, -0.05) is 24.6 Å². The van der Waals surface area contributed by atoms with Crippen molar-refractivity contribution in [3.63, 3.8) is 0 Å². The molecule has 1 aromatic carbocycles. The number of nitrogens with zero attached hydrogens (tertiary/aromatic N) is 1. The zero-order valence-electron chi connectivity index (χ0n) is 9.88. The van der Waals surface area contributed by atoms with Gasteiger partial charge in [0.25, 0.3) is 0 Å². The highest BCUT2D eigenvalue weighted by atomic mass is 32.2. The largest absolute Gasteiger partial charge is 0.197 e. The molecule has 1 aromatic rings. The third-order valence-electron chi connectivity index (χ3n) is 4.32. The van der Waals surface area contributed by atoms with Crippen molar-refractivity contribution in [3.05, 3.63) is 30.3 Å². The second kappa shape index (κ2) is 4.74. The van der Waals surface area contributed by atoms with Crippen LogP contribution in [0.2, 0.25) is 0 Å². The molecule has 0 radical (unpaired) electrons. The molecular weight excluding hydrogens is 226 g/mol. The topological polar surface area (TPSA) is 23.8 Å². The van der Waals surface area contributed by atoms with Crippen molar-refractivity contribution >= 4 is 11.8 Å². The SMILES string of the molecule is N#CC(Sc1ccccc1)C1CC2CCC1C2. The molecule has 1 nitrogen and oxygen atoms in total. The molecule has 0 heterocycles. The second-order valence-electron chi connectivity index (χ2n) is 5.32. The summed E-state index contributed by atoms with van der Waals surface area (Å²) in [5.74, 6) is 2.40. The maximum absolute atomic E-state index is 9.41. The molecule has 2 bridgehead atoms. The lowest BCUT2D eigenvalue weighted by molar-refractivity contribution is 0.345. The number of fused-ring (bicyclic) bond motifs is 2. The summed E-state index contributed by atoms with van der Waals surface area (Å²) >= 11 is 1.76. The minimum absolute atomic E-state index is 0.160. The average molecular weight is 243 g/mol. The van der Waals surface area contributed by atoms with Gasteiger partial charge in [-0.2, -0.15) is 5.26 Å². The molecule has 2 saturated carbocycles. The highest BCUT2D eigenvalue weighted by Gasteiger charge is 2.43. The first-order valence-corrected chi connectivity index (χ1v) is 7.36. The lowest BCUT2D eigenvalue weighted by Crippen LogP contribution is -2.21. The van der Waals surface area contributed by atoms with Crippen LogP contribution in [0.3, 0.4) is 0 Å². The van der Waals surface area contributed by atoms with E-state index >= 15 is 0 Å². The van der Waals surface area contributed by atoms with Crippen molar-refractivity contribution in [1.29, 1.82) is 5.26 Å². The van der Waals surface area contributed by atoms with Crippen molar-refractivity contribution in [2.75, 3.05) is 0 Å². The molecular formula is C15H17NS. The molecule has 0 spiro atoms. The summed E-state index contributed by atoms with van der Waals surface area (Å²) in [4.78, 5) is 1.24. The monoisotopic (exact) mass is 243 g/mol. The van der Waals surface area contributed by atoms with Gasteiger partial charge in [-0.3, -0.25) is 0 Å². The molecule has 2 aliphatic rings. The van der Waals surface area contributed by atoms with E-state index in [1.54, 1.807) is 11.8 Å². The number of nitriles is 1. The lowest BCUT2D eigenvalue weighted by Gasteiger charge is -2.25. The van der Waals surface area contributed by atoms with E-state index in [2.05, 4.69) is 30.3 Å². The Morgan fingerprint density at radius 3 is 2.59 bits per heavy atom. The highest BCUT2D eigenvalue weighted by molar-refractivity contribution is 8.00. The van der Waals surface area contributed by atoms with Crippen LogP contribution in [0, 0.1) is 29.1 Å². The second-order valence-corrected chi connectivity index (χ2v) is 6.53. The van der Waals surface area contributed by atoms with Crippen LogP contribution in [0.5, 0.6) is 0 Å². The normalized spacial score (nSPS) is 32.3. The molecule has 17 heavy (non-hydrogen) atoms. The third kappa shape index (κ3) is 2.21. The van der Waals surface area contributed by atoms with Gasteiger partial charge in [0.2, 0.25) is 0 Å². The van der Waals surface area contributed by atoms with E-state index in [1.807, 2.05) is 6.07 Å². The summed E-state index contributed by atoms with van der Waals surface area (Å²) in [6.07, 6.45) is 5.46. The molecule has 4 atom stereocenters. The Balaban J connectivity index is 1.70. The van der Waals surface area contributed by atoms with Gasteiger partial charge in [0, 0.05) is 4.90 Å². The quantitative estimate of drug-likeness (QED) is 0.746. The first kappa shape index (κ1) is 11.2. The standard InChI is InChI=1S/C15H17NS/c16-10-15(17-13-4-2-1-3-5-13)14-9-11-6-7-12(14)8-11/h1-5,11-12,14-15H,6-9H2. The van der Waals surface area contributed by atoms with Gasteiger partial charge in [0.15, 0.2) is 0 Å². The lowest BCUT2D eigenvalue weighted by atomic mass is 9.86. The summed E-state index contributed by atoms with van der Waals surface area (Å²) in [6.45, 7) is 0. The molecule has 4 unspecified atom stereocenters. The van der Waals surface area contributed by atoms with E-state index in [-0.39, 0.29) is 5.25 Å². The van der Waals surface area contributed by atoms with Crippen LogP contribution >= 0.6 is 11.8 Å². The van der Waals surface area contributed by atoms with E-state index in [4.69, 9.17) is 0 Å². The first-order chi connectivity index (χ1) is 8.36. The molecule has 0 N–H and O–H groups in total. The van der Waals surface area contributed by atoms with Crippen LogP contribution in [0.15, 0.2) is 35.2 Å². The molecule has 2 fully saturated rings. The number of hydrogen-bond donors (Lipinski definition) is 0. The Labute approximate surface area is 107 Å². The van der Waals surface area contributed by atoms with Crippen LogP contribution < -0.4 is 0 Å². The van der Waals surface area contributed by atoms with E-state index in [1.165, 1.54) is 30.6 Å². The number of benzene rings is 1. The van der Waals surface area contributed by atoms with Crippen molar-refractivity contribution in [3.8, 4) is 6.07 Å². The van der Waals surface area contributed by atoms with Crippen LogP contribution in [-0.2, 0) is 0 Å². The van der Waals surface area contributed by atoms with E-state index in [0.717, 1.165) is 11.8 Å². The van der Waals surface area contributed by atoms with Gasteiger partial charge in [-0.05, 0) is 49.1 Å². The fraction of sp³-hybridized carbons (Fsp3) is 0.533. The van der Waals surface area contributed by atoms with Crippen LogP contribution in [-0.4, -0.2) is 5.25 Å². The van der Waals surface area contributed by atoms with Crippen LogP contribution in [0.25, 0.3) is 0 Å². The van der Waals surface area contributed by atoms with E-state index < -0.39 is 0 Å². The van der Waals surface area contributed by atoms with Crippen molar-refractivity contribution in [2.45, 2.75) is 35.8 Å². The predicted octanol–water partition coefficient (Wildman–Crippen LogP) is 4.11. The van der Waals surface area contributed by atoms with Crippen LogP contribution in [0.4, 0.5) is 0 Å². The third-order valence-corrected chi connectivity index (χ3v) is 5.57. The maximum Gasteiger partial charge on any atom is 0.0994 e. The Hall–Kier alpha value is -0.940. The Morgan fingerprint density at radius 2 is 2.00 bits per heavy atom. The van der Waals surface area contributed by atoms with Gasteiger partial charge in [0.1, 0.15) is 0 Å². The molecule has 0 amide bonds. The maximum atomic E-state index is 9.41. The number of thioether (sulfide) groups is 1. The van der Waals surface area contributed by atoms with E-state index in [0.29, 0.717) is 5.92 Å². The van der Waals surface area contributed by atoms with Crippen molar-refractivity contribution in [2.24, 2.45) is 17.8 Å². The van der Waals surface area contributed by atoms with Crippen molar-refractivity contribution in [1.82, 2.24) is 0 Å². The Kier molecular flexibility index (Phi) is 3.11. The minimum atomic E-state index is 0.160. The summed E-state index contributed by atoms with van der Waals surface area (Å²) in [5.41, 5.74) is 0. The molecule has 0 aromatic heterocycles. The fourth-order valence-electron chi connectivity index (χ4n) is 3.52. The van der Waals surface area contributed by atoms with Crippen molar-refractivity contribution < 1.29 is 0 Å². The fourth-order valence-corrected chi connectivity index (χ4v) is 4.69. The zero-order chi connectivity index (χ0) is 11.7. The smallest absolute Gasteiger partial charge is 0.0994 e. The molecule has 0 aliphatic heterocycles. The summed E-state index contributed by atoms with van der Waals surface area (Å²) < 4.78 is 0. The average Bonchev–Trinajstić information content (AvgIpc) is 2.99. The zero-order valence-corrected chi connectivity index (χ0v) is 10.7. The summed E-state index contributed by atoms with van der Waals surface area (Å²) in [6, 6.07) is 12.9. The molecule has 2 heteroatoms. The molecule has 3 rings (SSSR count). The summed E-state index contributed by atoms with van der Waals surface area (Å²) in [7, 11) is 0. The van der Waals surface area contributed by atoms with Gasteiger partial charge in [0.05, 0.1) is 11.3 Å². The van der Waals surface area contributed by atoms with Gasteiger partial charge in [-0.25, -0.2) is 0 Å². The first-order valence-electron chi connectivity index (χ1n) is 6.48. The predicted molar refractivity (Wildman–Crippen MR) is 70.6 cm³/mol. The molecule has 2 aliphatic carbocycles. The van der Waals surface area contributed by atoms with Crippen LogP contribution in [0.1, 0.15) is 25.7 Å². The number of rotatable bonds is 3. The Morgan fingerprint density at radius 1 is 1.18 bits per heavy atom. The van der Waals surface area contributed by atoms with Gasteiger partial charge >= 0.3 is 0 Å². The van der Waals surface area contributed by atoms with Gasteiger partial charge in [-0.15, -0.1) is 11.8 Å². The highest BCUT2D eigenvalue weighted by Crippen LogP contribution is 2.52. The molecule has 88 valence electrons. The minimum Gasteiger partial charge on any atom is -0.197 e. The Bertz CT molecular complexity index is 422. The van der Waals surface area contributed by atoms with Gasteiger partial charge < -0.3 is 0 Å². The number of hydrogen-bond acceptors (Lipinski definition) is 2. The summed E-state index contributed by atoms with van der Waals surface area (Å²) in [5, 5.41) is 9.56.